The Labute approximate surface area is 125 Å². The molecule has 1 aliphatic heterocycles. The average molecular weight is 299 g/mol. The van der Waals surface area contributed by atoms with Crippen LogP contribution in [0.2, 0.25) is 0 Å². The molecule has 114 valence electrons. The van der Waals surface area contributed by atoms with Crippen LogP contribution in [0.15, 0.2) is 0 Å². The van der Waals surface area contributed by atoms with Gasteiger partial charge in [-0.1, -0.05) is 25.2 Å². The molecular formula is C14H25N3O2S. The topological polar surface area (TPSA) is 48.8 Å². The summed E-state index contributed by atoms with van der Waals surface area (Å²) in [6.45, 7) is 10.4. The summed E-state index contributed by atoms with van der Waals surface area (Å²) in [5.74, 6) is 0.718. The van der Waals surface area contributed by atoms with Crippen LogP contribution in [0.5, 0.6) is 0 Å². The summed E-state index contributed by atoms with van der Waals surface area (Å²) >= 11 is 1.59. The van der Waals surface area contributed by atoms with Crippen LogP contribution in [0.25, 0.3) is 0 Å². The first-order valence-electron chi connectivity index (χ1n) is 7.19. The standard InChI is InChI=1S/C14H25N3O2S/c1-11(2)8-16-4-6-17(7-5-16)14-15-12(10-19-3)13(9-18)20-14/h11,18H,4-10H2,1-3H3. The molecule has 1 aromatic rings. The molecule has 0 bridgehead atoms. The number of aliphatic hydroxyl groups excluding tert-OH is 1. The van der Waals surface area contributed by atoms with Crippen LogP contribution in [-0.2, 0) is 18.0 Å². The minimum absolute atomic E-state index is 0.0453. The second-order valence-electron chi connectivity index (χ2n) is 5.64. The Kier molecular flexibility index (Phi) is 5.77. The molecule has 0 spiro atoms. The van der Waals surface area contributed by atoms with E-state index in [1.165, 1.54) is 6.54 Å². The van der Waals surface area contributed by atoms with Gasteiger partial charge in [-0.05, 0) is 5.92 Å². The Balaban J connectivity index is 1.96. The molecule has 1 saturated heterocycles. The molecule has 0 radical (unpaired) electrons. The van der Waals surface area contributed by atoms with E-state index in [1.54, 1.807) is 18.4 Å². The Bertz CT molecular complexity index is 415. The van der Waals surface area contributed by atoms with Gasteiger partial charge in [0.2, 0.25) is 0 Å². The zero-order valence-electron chi connectivity index (χ0n) is 12.6. The molecule has 0 amide bonds. The van der Waals surface area contributed by atoms with Crippen molar-refractivity contribution in [2.75, 3.05) is 44.7 Å². The van der Waals surface area contributed by atoms with Crippen molar-refractivity contribution in [2.24, 2.45) is 5.92 Å². The van der Waals surface area contributed by atoms with Crippen LogP contribution >= 0.6 is 11.3 Å². The summed E-state index contributed by atoms with van der Waals surface area (Å²) in [7, 11) is 1.66. The van der Waals surface area contributed by atoms with E-state index in [2.05, 4.69) is 28.6 Å². The monoisotopic (exact) mass is 299 g/mol. The van der Waals surface area contributed by atoms with E-state index < -0.39 is 0 Å². The molecule has 2 rings (SSSR count). The number of methoxy groups -OCH3 is 1. The lowest BCUT2D eigenvalue weighted by Crippen LogP contribution is -2.47. The van der Waals surface area contributed by atoms with E-state index in [0.717, 1.165) is 47.8 Å². The molecule has 6 heteroatoms. The van der Waals surface area contributed by atoms with Gasteiger partial charge in [0.1, 0.15) is 0 Å². The van der Waals surface area contributed by atoms with Gasteiger partial charge in [0, 0.05) is 39.8 Å². The summed E-state index contributed by atoms with van der Waals surface area (Å²) in [4.78, 5) is 10.4. The first-order chi connectivity index (χ1) is 9.63. The zero-order valence-corrected chi connectivity index (χ0v) is 13.4. The Hall–Kier alpha value is -0.690. The van der Waals surface area contributed by atoms with Crippen LogP contribution in [0.4, 0.5) is 5.13 Å². The highest BCUT2D eigenvalue weighted by Crippen LogP contribution is 2.27. The number of aliphatic hydroxyl groups is 1. The van der Waals surface area contributed by atoms with Gasteiger partial charge in [-0.15, -0.1) is 0 Å². The highest BCUT2D eigenvalue weighted by Gasteiger charge is 2.21. The van der Waals surface area contributed by atoms with E-state index >= 15 is 0 Å². The van der Waals surface area contributed by atoms with Crippen molar-refractivity contribution in [3.05, 3.63) is 10.6 Å². The van der Waals surface area contributed by atoms with Crippen LogP contribution in [0, 0.1) is 5.92 Å². The minimum atomic E-state index is 0.0453. The SMILES string of the molecule is COCc1nc(N2CCN(CC(C)C)CC2)sc1CO. The van der Waals surface area contributed by atoms with Gasteiger partial charge in [-0.3, -0.25) is 4.90 Å². The number of piperazine rings is 1. The minimum Gasteiger partial charge on any atom is -0.391 e. The van der Waals surface area contributed by atoms with E-state index in [1.807, 2.05) is 0 Å². The number of nitrogens with zero attached hydrogens (tertiary/aromatic N) is 3. The third-order valence-electron chi connectivity index (χ3n) is 3.46. The first kappa shape index (κ1) is 15.7. The maximum atomic E-state index is 9.39. The summed E-state index contributed by atoms with van der Waals surface area (Å²) in [6, 6.07) is 0. The van der Waals surface area contributed by atoms with Gasteiger partial charge >= 0.3 is 0 Å². The van der Waals surface area contributed by atoms with Gasteiger partial charge < -0.3 is 14.7 Å². The zero-order chi connectivity index (χ0) is 14.5. The van der Waals surface area contributed by atoms with Crippen LogP contribution < -0.4 is 4.90 Å². The maximum absolute atomic E-state index is 9.39. The Morgan fingerprint density at radius 3 is 2.55 bits per heavy atom. The molecule has 20 heavy (non-hydrogen) atoms. The quantitative estimate of drug-likeness (QED) is 0.864. The normalized spacial score (nSPS) is 17.1. The lowest BCUT2D eigenvalue weighted by molar-refractivity contribution is 0.179. The predicted octanol–water partition coefficient (Wildman–Crippen LogP) is 1.56. The highest BCUT2D eigenvalue weighted by atomic mass is 32.1. The molecule has 1 fully saturated rings. The summed E-state index contributed by atoms with van der Waals surface area (Å²) in [5, 5.41) is 10.4. The largest absolute Gasteiger partial charge is 0.391 e. The van der Waals surface area contributed by atoms with Gasteiger partial charge in [-0.25, -0.2) is 4.98 Å². The Morgan fingerprint density at radius 1 is 1.30 bits per heavy atom. The number of ether oxygens (including phenoxy) is 1. The maximum Gasteiger partial charge on any atom is 0.186 e. The van der Waals surface area contributed by atoms with Crippen molar-refractivity contribution in [1.82, 2.24) is 9.88 Å². The molecule has 1 N–H and O–H groups in total. The van der Waals surface area contributed by atoms with Crippen molar-refractivity contribution in [3.63, 3.8) is 0 Å². The van der Waals surface area contributed by atoms with Crippen molar-refractivity contribution < 1.29 is 9.84 Å². The third-order valence-corrected chi connectivity index (χ3v) is 4.60. The number of aromatic nitrogens is 1. The predicted molar refractivity (Wildman–Crippen MR) is 82.2 cm³/mol. The molecule has 0 aromatic carbocycles. The van der Waals surface area contributed by atoms with Crippen LogP contribution in [0.3, 0.4) is 0 Å². The van der Waals surface area contributed by atoms with Gasteiger partial charge in [0.05, 0.1) is 23.8 Å². The highest BCUT2D eigenvalue weighted by molar-refractivity contribution is 7.15. The molecule has 1 aliphatic rings. The fourth-order valence-electron chi connectivity index (χ4n) is 2.52. The average Bonchev–Trinajstić information content (AvgIpc) is 2.82. The van der Waals surface area contributed by atoms with Gasteiger partial charge in [0.25, 0.3) is 0 Å². The lowest BCUT2D eigenvalue weighted by atomic mass is 10.2. The summed E-state index contributed by atoms with van der Waals surface area (Å²) in [5.41, 5.74) is 0.875. The van der Waals surface area contributed by atoms with E-state index in [-0.39, 0.29) is 6.61 Å². The van der Waals surface area contributed by atoms with Gasteiger partial charge in [0.15, 0.2) is 5.13 Å². The molecule has 0 atom stereocenters. The first-order valence-corrected chi connectivity index (χ1v) is 8.01. The van der Waals surface area contributed by atoms with Gasteiger partial charge in [-0.2, -0.15) is 0 Å². The molecule has 2 heterocycles. The second kappa shape index (κ2) is 7.36. The molecular weight excluding hydrogens is 274 g/mol. The third kappa shape index (κ3) is 3.91. The number of anilines is 1. The number of thiazole rings is 1. The number of rotatable bonds is 6. The number of hydrogen-bond donors (Lipinski definition) is 1. The second-order valence-corrected chi connectivity index (χ2v) is 6.70. The molecule has 5 nitrogen and oxygen atoms in total. The summed E-state index contributed by atoms with van der Waals surface area (Å²) < 4.78 is 5.14. The van der Waals surface area contributed by atoms with Crippen molar-refractivity contribution in [1.29, 1.82) is 0 Å². The molecule has 1 aromatic heterocycles. The fraction of sp³-hybridized carbons (Fsp3) is 0.786. The molecule has 0 unspecified atom stereocenters. The van der Waals surface area contributed by atoms with E-state index in [9.17, 15) is 5.11 Å². The van der Waals surface area contributed by atoms with Crippen LogP contribution in [-0.4, -0.2) is 54.8 Å². The molecule has 0 saturated carbocycles. The summed E-state index contributed by atoms with van der Waals surface area (Å²) in [6.07, 6.45) is 0. The number of hydrogen-bond acceptors (Lipinski definition) is 6. The molecule has 0 aliphatic carbocycles. The lowest BCUT2D eigenvalue weighted by Gasteiger charge is -2.35. The van der Waals surface area contributed by atoms with Crippen molar-refractivity contribution >= 4 is 16.5 Å². The fourth-order valence-corrected chi connectivity index (χ4v) is 3.49. The van der Waals surface area contributed by atoms with E-state index in [0.29, 0.717) is 6.61 Å². The van der Waals surface area contributed by atoms with Crippen LogP contribution in [0.1, 0.15) is 24.4 Å². The smallest absolute Gasteiger partial charge is 0.186 e. The van der Waals surface area contributed by atoms with Crippen molar-refractivity contribution in [3.8, 4) is 0 Å². The van der Waals surface area contributed by atoms with E-state index in [4.69, 9.17) is 4.74 Å². The van der Waals surface area contributed by atoms with Crippen molar-refractivity contribution in [2.45, 2.75) is 27.1 Å². The Morgan fingerprint density at radius 2 is 2.00 bits per heavy atom.